The van der Waals surface area contributed by atoms with Crippen LogP contribution in [0.2, 0.25) is 0 Å². The van der Waals surface area contributed by atoms with Crippen LogP contribution in [-0.4, -0.2) is 14.8 Å². The lowest BCUT2D eigenvalue weighted by Gasteiger charge is -2.03. The highest BCUT2D eigenvalue weighted by Crippen LogP contribution is 2.29. The molecule has 0 unspecified atom stereocenters. The molecular formula is C10H9F3N4. The Morgan fingerprint density at radius 3 is 2.59 bits per heavy atom. The molecule has 17 heavy (non-hydrogen) atoms. The number of halogens is 3. The van der Waals surface area contributed by atoms with Crippen molar-refractivity contribution >= 4 is 0 Å². The molecule has 90 valence electrons. The van der Waals surface area contributed by atoms with E-state index in [2.05, 4.69) is 10.1 Å². The van der Waals surface area contributed by atoms with E-state index in [0.717, 1.165) is 22.6 Å². The van der Waals surface area contributed by atoms with E-state index in [1.165, 1.54) is 6.20 Å². The van der Waals surface area contributed by atoms with Gasteiger partial charge in [0.15, 0.2) is 0 Å². The number of rotatable bonds is 2. The lowest BCUT2D eigenvalue weighted by atomic mass is 10.2. The lowest BCUT2D eigenvalue weighted by molar-refractivity contribution is -0.137. The summed E-state index contributed by atoms with van der Waals surface area (Å²) in [5.74, 6) is 0. The van der Waals surface area contributed by atoms with E-state index in [-0.39, 0.29) is 6.54 Å². The molecule has 0 spiro atoms. The molecule has 0 aromatic carbocycles. The van der Waals surface area contributed by atoms with E-state index in [9.17, 15) is 13.2 Å². The molecule has 0 atom stereocenters. The summed E-state index contributed by atoms with van der Waals surface area (Å²) in [5, 5.41) is 3.64. The third-order valence-corrected chi connectivity index (χ3v) is 2.19. The van der Waals surface area contributed by atoms with Gasteiger partial charge in [-0.05, 0) is 11.6 Å². The van der Waals surface area contributed by atoms with Crippen LogP contribution in [0.25, 0.3) is 5.69 Å². The maximum absolute atomic E-state index is 12.4. The molecule has 0 radical (unpaired) electrons. The minimum Gasteiger partial charge on any atom is -0.326 e. The molecule has 7 heteroatoms. The maximum atomic E-state index is 12.4. The molecule has 0 bridgehead atoms. The molecule has 0 aliphatic rings. The fourth-order valence-corrected chi connectivity index (χ4v) is 1.32. The highest BCUT2D eigenvalue weighted by Gasteiger charge is 2.32. The Kier molecular flexibility index (Phi) is 2.84. The van der Waals surface area contributed by atoms with Crippen molar-refractivity contribution in [2.75, 3.05) is 0 Å². The number of pyridine rings is 1. The minimum atomic E-state index is -4.39. The second-order valence-corrected chi connectivity index (χ2v) is 3.43. The second-order valence-electron chi connectivity index (χ2n) is 3.43. The predicted molar refractivity (Wildman–Crippen MR) is 54.3 cm³/mol. The van der Waals surface area contributed by atoms with Crippen LogP contribution in [-0.2, 0) is 12.7 Å². The van der Waals surface area contributed by atoms with E-state index >= 15 is 0 Å². The van der Waals surface area contributed by atoms with Gasteiger partial charge in [-0.25, -0.2) is 4.68 Å². The SMILES string of the molecule is NCc1cncc(-n2cc(C(F)(F)F)cn2)c1. The summed E-state index contributed by atoms with van der Waals surface area (Å²) in [6, 6.07) is 1.64. The van der Waals surface area contributed by atoms with Gasteiger partial charge in [-0.15, -0.1) is 0 Å². The Hall–Kier alpha value is -1.89. The molecule has 0 aliphatic heterocycles. The summed E-state index contributed by atoms with van der Waals surface area (Å²) in [7, 11) is 0. The zero-order valence-electron chi connectivity index (χ0n) is 8.65. The fourth-order valence-electron chi connectivity index (χ4n) is 1.32. The average molecular weight is 242 g/mol. The molecule has 0 saturated heterocycles. The zero-order valence-corrected chi connectivity index (χ0v) is 8.65. The number of nitrogens with zero attached hydrogens (tertiary/aromatic N) is 3. The number of nitrogens with two attached hydrogens (primary N) is 1. The third-order valence-electron chi connectivity index (χ3n) is 2.19. The van der Waals surface area contributed by atoms with Crippen LogP contribution in [0.1, 0.15) is 11.1 Å². The van der Waals surface area contributed by atoms with Crippen molar-refractivity contribution in [1.29, 1.82) is 0 Å². The van der Waals surface area contributed by atoms with E-state index < -0.39 is 11.7 Å². The molecule has 4 nitrogen and oxygen atoms in total. The maximum Gasteiger partial charge on any atom is 0.419 e. The van der Waals surface area contributed by atoms with Crippen LogP contribution in [0.4, 0.5) is 13.2 Å². The molecule has 0 aliphatic carbocycles. The van der Waals surface area contributed by atoms with Crippen LogP contribution < -0.4 is 5.73 Å². The summed E-state index contributed by atoms with van der Waals surface area (Å²) in [6.45, 7) is 0.272. The zero-order chi connectivity index (χ0) is 12.5. The molecule has 0 saturated carbocycles. The quantitative estimate of drug-likeness (QED) is 0.872. The molecular weight excluding hydrogens is 233 g/mol. The first-order chi connectivity index (χ1) is 8.00. The summed E-state index contributed by atoms with van der Waals surface area (Å²) in [5.41, 5.74) is 5.80. The fraction of sp³-hybridized carbons (Fsp3) is 0.200. The van der Waals surface area contributed by atoms with Gasteiger partial charge in [0.05, 0.1) is 23.6 Å². The summed E-state index contributed by atoms with van der Waals surface area (Å²) < 4.78 is 38.2. The third kappa shape index (κ3) is 2.44. The normalized spacial score (nSPS) is 11.8. The van der Waals surface area contributed by atoms with Crippen molar-refractivity contribution in [3.05, 3.63) is 42.0 Å². The first-order valence-corrected chi connectivity index (χ1v) is 4.77. The highest BCUT2D eigenvalue weighted by molar-refractivity contribution is 5.32. The Morgan fingerprint density at radius 2 is 2.00 bits per heavy atom. The van der Waals surface area contributed by atoms with Crippen molar-refractivity contribution in [3.63, 3.8) is 0 Å². The van der Waals surface area contributed by atoms with Gasteiger partial charge in [0, 0.05) is 18.9 Å². The summed E-state index contributed by atoms with van der Waals surface area (Å²) >= 11 is 0. The first kappa shape index (κ1) is 11.6. The molecule has 2 heterocycles. The monoisotopic (exact) mass is 242 g/mol. The minimum absolute atomic E-state index is 0.272. The van der Waals surface area contributed by atoms with Gasteiger partial charge in [-0.2, -0.15) is 18.3 Å². The van der Waals surface area contributed by atoms with Crippen molar-refractivity contribution in [1.82, 2.24) is 14.8 Å². The van der Waals surface area contributed by atoms with Crippen molar-refractivity contribution in [2.45, 2.75) is 12.7 Å². The van der Waals surface area contributed by atoms with Gasteiger partial charge in [0.1, 0.15) is 0 Å². The number of alkyl halides is 3. The van der Waals surface area contributed by atoms with Gasteiger partial charge in [0.2, 0.25) is 0 Å². The number of aromatic nitrogens is 3. The van der Waals surface area contributed by atoms with Crippen LogP contribution in [0.15, 0.2) is 30.9 Å². The highest BCUT2D eigenvalue weighted by atomic mass is 19.4. The Morgan fingerprint density at radius 1 is 1.24 bits per heavy atom. The van der Waals surface area contributed by atoms with Gasteiger partial charge < -0.3 is 5.73 Å². The van der Waals surface area contributed by atoms with Crippen LogP contribution >= 0.6 is 0 Å². The van der Waals surface area contributed by atoms with Gasteiger partial charge in [-0.3, -0.25) is 4.98 Å². The predicted octanol–water partition coefficient (Wildman–Crippen LogP) is 1.74. The van der Waals surface area contributed by atoms with Crippen LogP contribution in [0.3, 0.4) is 0 Å². The smallest absolute Gasteiger partial charge is 0.326 e. The lowest BCUT2D eigenvalue weighted by Crippen LogP contribution is -2.03. The van der Waals surface area contributed by atoms with E-state index in [0.29, 0.717) is 5.69 Å². The number of hydrogen-bond donors (Lipinski definition) is 1. The van der Waals surface area contributed by atoms with Gasteiger partial charge >= 0.3 is 6.18 Å². The van der Waals surface area contributed by atoms with Gasteiger partial charge in [-0.1, -0.05) is 0 Å². The van der Waals surface area contributed by atoms with E-state index in [1.54, 1.807) is 12.3 Å². The van der Waals surface area contributed by atoms with Crippen LogP contribution in [0, 0.1) is 0 Å². The molecule has 2 aromatic rings. The topological polar surface area (TPSA) is 56.7 Å². The van der Waals surface area contributed by atoms with Gasteiger partial charge in [0.25, 0.3) is 0 Å². The van der Waals surface area contributed by atoms with Crippen molar-refractivity contribution < 1.29 is 13.2 Å². The molecule has 0 fully saturated rings. The Balaban J connectivity index is 2.37. The second kappa shape index (κ2) is 4.17. The van der Waals surface area contributed by atoms with E-state index in [1.807, 2.05) is 0 Å². The molecule has 0 amide bonds. The van der Waals surface area contributed by atoms with Crippen molar-refractivity contribution in [2.24, 2.45) is 5.73 Å². The molecule has 2 N–H and O–H groups in total. The van der Waals surface area contributed by atoms with Crippen molar-refractivity contribution in [3.8, 4) is 5.69 Å². The van der Waals surface area contributed by atoms with Crippen LogP contribution in [0.5, 0.6) is 0 Å². The standard InChI is InChI=1S/C10H9F3N4/c11-10(12,13)8-4-16-17(6-8)9-1-7(2-14)3-15-5-9/h1,3-6H,2,14H2. The van der Waals surface area contributed by atoms with E-state index in [4.69, 9.17) is 5.73 Å². The Bertz CT molecular complexity index is 518. The molecule has 2 aromatic heterocycles. The summed E-state index contributed by atoms with van der Waals surface area (Å²) in [6.07, 6.45) is 0.271. The first-order valence-electron chi connectivity index (χ1n) is 4.77. The molecule has 2 rings (SSSR count). The average Bonchev–Trinajstić information content (AvgIpc) is 2.78. The number of hydrogen-bond acceptors (Lipinski definition) is 3. The largest absolute Gasteiger partial charge is 0.419 e. The Labute approximate surface area is 94.9 Å². The summed E-state index contributed by atoms with van der Waals surface area (Å²) in [4.78, 5) is 3.88.